The van der Waals surface area contributed by atoms with Crippen LogP contribution in [0.2, 0.25) is 0 Å². The first-order valence-corrected chi connectivity index (χ1v) is 32.2. The molecule has 25 atom stereocenters. The molecule has 0 aromatic heterocycles. The van der Waals surface area contributed by atoms with Gasteiger partial charge < -0.3 is 133 Å². The van der Waals surface area contributed by atoms with Gasteiger partial charge in [0.15, 0.2) is 12.6 Å². The van der Waals surface area contributed by atoms with Crippen molar-refractivity contribution in [2.45, 2.75) is 260 Å². The number of aliphatic hydroxyl groups is 9. The number of aliphatic carboxylic acids is 1. The van der Waals surface area contributed by atoms with Gasteiger partial charge in [0, 0.05) is 40.3 Å². The minimum Gasteiger partial charge on any atom is -0.481 e. The number of ether oxygens (including phenoxy) is 4. The molecule has 0 aliphatic carbocycles. The third kappa shape index (κ3) is 22.0. The Morgan fingerprint density at radius 2 is 0.959 bits per heavy atom. The van der Waals surface area contributed by atoms with Gasteiger partial charge in [-0.15, -0.1) is 0 Å². The molecule has 0 unspecified atom stereocenters. The predicted molar refractivity (Wildman–Crippen MR) is 331 cm³/mol. The van der Waals surface area contributed by atoms with E-state index < -0.39 is 249 Å². The van der Waals surface area contributed by atoms with Crippen molar-refractivity contribution in [3.05, 3.63) is 0 Å². The molecule has 0 radical (unpaired) electrons. The number of hydrogen-bond acceptors (Lipinski definition) is 26. The average molecular weight is 1410 g/mol. The molecule has 556 valence electrons. The van der Waals surface area contributed by atoms with Crippen molar-refractivity contribution in [1.29, 1.82) is 0 Å². The summed E-state index contributed by atoms with van der Waals surface area (Å²) < 4.78 is 24.1. The normalized spacial score (nSPS) is 27.9. The third-order valence-corrected chi connectivity index (χ3v) is 17.2. The van der Waals surface area contributed by atoms with Crippen LogP contribution in [0.15, 0.2) is 0 Å². The van der Waals surface area contributed by atoms with Gasteiger partial charge in [-0.1, -0.05) is 20.3 Å². The Balaban J connectivity index is 1.77. The number of rotatable bonds is 34. The van der Waals surface area contributed by atoms with Crippen LogP contribution in [-0.2, 0) is 81.3 Å². The number of nitrogens with zero attached hydrogens (tertiary/aromatic N) is 2. The number of nitrogens with two attached hydrogens (primary N) is 1. The van der Waals surface area contributed by atoms with Crippen LogP contribution in [0.1, 0.15) is 114 Å². The van der Waals surface area contributed by atoms with Crippen LogP contribution in [0.3, 0.4) is 0 Å². The number of nitrogens with one attached hydrogen (secondary N) is 9. The molecule has 12 amide bonds. The van der Waals surface area contributed by atoms with Crippen molar-refractivity contribution in [3.8, 4) is 0 Å². The molecule has 0 saturated carbocycles. The standard InChI is InChI=1S/C59H98N12O27/c1-11-22(2)37(52(89)67-40(25(5)76)53(90)65-38(23(3)74)49(60)86)64-50(87)33-15-13-19-71(33)57(94)41(26(6)77)68-55(92)42(69-54(91)39(24(4)75)66-51(88)32-14-12-18-70(32)56(93)31(61-28(8)78)16-17-36(81)82)27(7)95-59-44(63-30(10)80)48(46(84)35(21-73)97-59)98-58-43(62-29(9)79)47(85)45(83)34(20-72)96-58/h22-27,31-35,37-48,58-59,72-77,83-85H,11-21H2,1-10H3,(H2,60,86)(H,61,78)(H,62,79)(H,63,80)(H,64,87)(H,65,90)(H,66,88)(H,67,89)(H,68,92)(H,69,91)(H,81,82)/t22-,23+,24+,25+,26+,27+,31-,32-,33-,34+,35+,37-,38-,39-,40-,41-,42-,43+,44+,45+,46-,47+,48+,58-,59-/m0/s1. The van der Waals surface area contributed by atoms with E-state index in [0.717, 1.165) is 65.2 Å². The third-order valence-electron chi connectivity index (χ3n) is 17.2. The van der Waals surface area contributed by atoms with E-state index in [2.05, 4.69) is 47.9 Å². The lowest BCUT2D eigenvalue weighted by Gasteiger charge is -2.48. The highest BCUT2D eigenvalue weighted by molar-refractivity contribution is 5.99. The lowest BCUT2D eigenvalue weighted by atomic mass is 9.94. The monoisotopic (exact) mass is 1410 g/mol. The molecule has 0 aromatic rings. The van der Waals surface area contributed by atoms with Crippen LogP contribution < -0.4 is 53.6 Å². The zero-order valence-electron chi connectivity index (χ0n) is 56.1. The molecule has 21 N–H and O–H groups in total. The molecule has 0 spiro atoms. The van der Waals surface area contributed by atoms with Gasteiger partial charge >= 0.3 is 5.97 Å². The largest absolute Gasteiger partial charge is 0.481 e. The molecule has 39 nitrogen and oxygen atoms in total. The van der Waals surface area contributed by atoms with Crippen molar-refractivity contribution in [1.82, 2.24) is 57.7 Å². The highest BCUT2D eigenvalue weighted by atomic mass is 16.7. The van der Waals surface area contributed by atoms with Crippen LogP contribution in [-0.4, -0.2) is 310 Å². The zero-order valence-corrected chi connectivity index (χ0v) is 56.1. The quantitative estimate of drug-likeness (QED) is 0.0284. The Hall–Kier alpha value is -7.41. The van der Waals surface area contributed by atoms with Gasteiger partial charge in [0.05, 0.1) is 43.7 Å². The smallest absolute Gasteiger partial charge is 0.303 e. The zero-order chi connectivity index (χ0) is 74.1. The van der Waals surface area contributed by atoms with Gasteiger partial charge in [-0.05, 0) is 72.6 Å². The van der Waals surface area contributed by atoms with E-state index >= 15 is 4.79 Å². The summed E-state index contributed by atoms with van der Waals surface area (Å²) in [5, 5.41) is 128. The predicted octanol–water partition coefficient (Wildman–Crippen LogP) is -10.4. The van der Waals surface area contributed by atoms with Gasteiger partial charge in [0.2, 0.25) is 70.9 Å². The molecule has 4 rings (SSSR count). The van der Waals surface area contributed by atoms with Crippen LogP contribution in [0.25, 0.3) is 0 Å². The SMILES string of the molecule is CC[C@H](C)[C@H](NC(=O)[C@@H]1CCCN1C(=O)[C@@H](NC(=O)[C@@H](NC(=O)[C@@H](NC(=O)[C@@H]1CCCN1C(=O)[C@H](CCC(=O)O)NC(C)=O)[C@@H](C)O)[C@@H](C)O[C@H]1O[C@H](CO)[C@H](O)[C@H](O[C@@H]2O[C@H](CO)[C@@H](O)[C@H](O)[C@H]2NC(C)=O)[C@H]1NC(C)=O)[C@@H](C)O)C(=O)N[C@H](C(=O)N[C@H](C(N)=O)[C@@H](C)O)[C@@H](C)O. The second kappa shape index (κ2) is 37.7. The molecule has 4 aliphatic rings. The van der Waals surface area contributed by atoms with E-state index in [1.807, 2.05) is 0 Å². The lowest BCUT2D eigenvalue weighted by molar-refractivity contribution is -0.332. The lowest BCUT2D eigenvalue weighted by Crippen LogP contribution is -2.70. The Morgan fingerprint density at radius 3 is 1.43 bits per heavy atom. The summed E-state index contributed by atoms with van der Waals surface area (Å²) in [4.78, 5) is 177. The maximum atomic E-state index is 15.1. The Labute approximate surface area is 563 Å². The van der Waals surface area contributed by atoms with E-state index in [9.17, 15) is 109 Å². The minimum absolute atomic E-state index is 0.0380. The van der Waals surface area contributed by atoms with Gasteiger partial charge in [-0.3, -0.25) is 62.3 Å². The maximum Gasteiger partial charge on any atom is 0.303 e. The van der Waals surface area contributed by atoms with E-state index in [0.29, 0.717) is 0 Å². The molecular formula is C59H98N12O27. The molecule has 4 fully saturated rings. The van der Waals surface area contributed by atoms with Crippen molar-refractivity contribution >= 4 is 76.9 Å². The summed E-state index contributed by atoms with van der Waals surface area (Å²) in [6.45, 7) is 9.59. The minimum atomic E-state index is -2.21. The number of amides is 12. The number of carboxylic acids is 1. The van der Waals surface area contributed by atoms with Crippen LogP contribution in [0.4, 0.5) is 0 Å². The fraction of sp³-hybridized carbons (Fsp3) is 0.780. The number of likely N-dealkylation sites (tertiary alicyclic amines) is 2. The molecule has 4 heterocycles. The average Bonchev–Trinajstić information content (AvgIpc) is 0.960. The molecule has 4 saturated heterocycles. The summed E-state index contributed by atoms with van der Waals surface area (Å²) in [5.74, 6) is -14.4. The molecule has 39 heteroatoms. The van der Waals surface area contributed by atoms with Gasteiger partial charge in [0.25, 0.3) is 0 Å². The summed E-state index contributed by atoms with van der Waals surface area (Å²) >= 11 is 0. The highest BCUT2D eigenvalue weighted by Gasteiger charge is 2.54. The first-order chi connectivity index (χ1) is 45.8. The summed E-state index contributed by atoms with van der Waals surface area (Å²) in [5.41, 5.74) is 5.31. The molecule has 98 heavy (non-hydrogen) atoms. The van der Waals surface area contributed by atoms with Crippen LogP contribution in [0, 0.1) is 5.92 Å². The van der Waals surface area contributed by atoms with E-state index in [1.54, 1.807) is 13.8 Å². The molecular weight excluding hydrogens is 1310 g/mol. The van der Waals surface area contributed by atoms with Crippen molar-refractivity contribution in [3.63, 3.8) is 0 Å². The van der Waals surface area contributed by atoms with Crippen molar-refractivity contribution in [2.24, 2.45) is 11.7 Å². The fourth-order valence-corrected chi connectivity index (χ4v) is 11.7. The van der Waals surface area contributed by atoms with Gasteiger partial charge in [-0.25, -0.2) is 0 Å². The molecule has 4 aliphatic heterocycles. The Kier molecular flexibility index (Phi) is 31.9. The first kappa shape index (κ1) is 83.0. The maximum absolute atomic E-state index is 15.1. The van der Waals surface area contributed by atoms with Gasteiger partial charge in [0.1, 0.15) is 103 Å². The summed E-state index contributed by atoms with van der Waals surface area (Å²) in [6.07, 6.45) is -24.1. The molecule has 0 aromatic carbocycles. The van der Waals surface area contributed by atoms with Crippen molar-refractivity contribution in [2.75, 3.05) is 26.3 Å². The van der Waals surface area contributed by atoms with Crippen LogP contribution >= 0.6 is 0 Å². The van der Waals surface area contributed by atoms with Crippen LogP contribution in [0.5, 0.6) is 0 Å². The first-order valence-electron chi connectivity index (χ1n) is 32.2. The summed E-state index contributed by atoms with van der Waals surface area (Å²) in [7, 11) is 0. The molecule has 0 bridgehead atoms. The Morgan fingerprint density at radius 1 is 0.531 bits per heavy atom. The topological polar surface area (TPSA) is 602 Å². The number of primary amides is 1. The number of aliphatic hydroxyl groups excluding tert-OH is 9. The van der Waals surface area contributed by atoms with E-state index in [1.165, 1.54) is 0 Å². The van der Waals surface area contributed by atoms with E-state index in [-0.39, 0.29) is 51.6 Å². The summed E-state index contributed by atoms with van der Waals surface area (Å²) in [6, 6.07) is -18.9. The fourth-order valence-electron chi connectivity index (χ4n) is 11.7. The van der Waals surface area contributed by atoms with Gasteiger partial charge in [-0.2, -0.15) is 0 Å². The second-order valence-electron chi connectivity index (χ2n) is 25.0. The Bertz CT molecular complexity index is 2820. The highest BCUT2D eigenvalue weighted by Crippen LogP contribution is 2.32. The number of carboxylic acid groups (broad SMARTS) is 1. The van der Waals surface area contributed by atoms with Crippen molar-refractivity contribution < 1.29 is 132 Å². The number of carbonyl (C=O) groups is 13. The van der Waals surface area contributed by atoms with E-state index in [4.69, 9.17) is 24.7 Å². The second-order valence-corrected chi connectivity index (χ2v) is 25.0. The number of hydrogen-bond donors (Lipinski definition) is 20. The number of carbonyl (C=O) groups excluding carboxylic acids is 12.